The van der Waals surface area contributed by atoms with Gasteiger partial charge in [-0.3, -0.25) is 4.79 Å². The molecule has 2 aromatic carbocycles. The zero-order valence-electron chi connectivity index (χ0n) is 18.0. The molecule has 1 aliphatic heterocycles. The molecule has 2 N–H and O–H groups in total. The third-order valence-corrected chi connectivity index (χ3v) is 6.00. The van der Waals surface area contributed by atoms with Gasteiger partial charge in [-0.1, -0.05) is 23.7 Å². The summed E-state index contributed by atoms with van der Waals surface area (Å²) in [5.41, 5.74) is 2.44. The van der Waals surface area contributed by atoms with Crippen molar-refractivity contribution in [1.29, 1.82) is 0 Å². The first kappa shape index (κ1) is 21.4. The molecule has 9 nitrogen and oxygen atoms in total. The minimum atomic E-state index is -0.276. The van der Waals surface area contributed by atoms with Crippen molar-refractivity contribution >= 4 is 34.1 Å². The Morgan fingerprint density at radius 2 is 2.21 bits per heavy atom. The van der Waals surface area contributed by atoms with E-state index >= 15 is 0 Å². The highest BCUT2D eigenvalue weighted by Gasteiger charge is 2.20. The molecule has 0 bridgehead atoms. The number of H-pyrrole nitrogens is 1. The lowest BCUT2D eigenvalue weighted by Crippen LogP contribution is -2.25. The second kappa shape index (κ2) is 9.21. The van der Waals surface area contributed by atoms with Crippen LogP contribution in [0.1, 0.15) is 29.8 Å². The Balaban J connectivity index is 1.41. The van der Waals surface area contributed by atoms with E-state index in [9.17, 15) is 4.79 Å². The second-order valence-corrected chi connectivity index (χ2v) is 8.40. The highest BCUT2D eigenvalue weighted by atomic mass is 35.5. The fraction of sp³-hybridized carbons (Fsp3) is 0.304. The summed E-state index contributed by atoms with van der Waals surface area (Å²) in [6.45, 7) is 1.27. The van der Waals surface area contributed by atoms with E-state index < -0.39 is 0 Å². The first-order chi connectivity index (χ1) is 16.1. The summed E-state index contributed by atoms with van der Waals surface area (Å²) in [6, 6.07) is 12.7. The molecule has 1 unspecified atom stereocenters. The number of tetrazole rings is 1. The molecule has 1 aliphatic rings. The van der Waals surface area contributed by atoms with E-state index in [1.807, 2.05) is 35.9 Å². The largest absolute Gasteiger partial charge is 0.489 e. The molecule has 33 heavy (non-hydrogen) atoms. The highest BCUT2D eigenvalue weighted by Crippen LogP contribution is 2.31. The van der Waals surface area contributed by atoms with Gasteiger partial charge in [-0.2, -0.15) is 5.21 Å². The molecule has 4 aromatic rings. The average molecular weight is 467 g/mol. The van der Waals surface area contributed by atoms with Crippen molar-refractivity contribution in [3.63, 3.8) is 0 Å². The van der Waals surface area contributed by atoms with Crippen molar-refractivity contribution < 1.29 is 14.3 Å². The van der Waals surface area contributed by atoms with E-state index in [2.05, 4.69) is 25.9 Å². The molecular formula is C23H23ClN6O3. The zero-order chi connectivity index (χ0) is 22.8. The summed E-state index contributed by atoms with van der Waals surface area (Å²) < 4.78 is 13.7. The maximum Gasteiger partial charge on any atom is 0.272 e. The smallest absolute Gasteiger partial charge is 0.272 e. The van der Waals surface area contributed by atoms with E-state index in [1.165, 1.54) is 0 Å². The summed E-state index contributed by atoms with van der Waals surface area (Å²) in [7, 11) is 1.85. The summed E-state index contributed by atoms with van der Waals surface area (Å²) >= 11 is 6.14. The van der Waals surface area contributed by atoms with Crippen LogP contribution in [0, 0.1) is 0 Å². The molecule has 1 saturated heterocycles. The van der Waals surface area contributed by atoms with Crippen molar-refractivity contribution in [2.24, 2.45) is 7.05 Å². The Kier molecular flexibility index (Phi) is 5.97. The lowest BCUT2D eigenvalue weighted by atomic mass is 10.1. The number of hydrogen-bond acceptors (Lipinski definition) is 6. The van der Waals surface area contributed by atoms with Crippen LogP contribution in [-0.4, -0.2) is 50.4 Å². The van der Waals surface area contributed by atoms with Crippen LogP contribution in [0.15, 0.2) is 42.5 Å². The molecule has 1 fully saturated rings. The van der Waals surface area contributed by atoms with Crippen LogP contribution >= 0.6 is 11.6 Å². The van der Waals surface area contributed by atoms with Crippen LogP contribution in [0.2, 0.25) is 5.02 Å². The number of fused-ring (bicyclic) bond motifs is 1. The van der Waals surface area contributed by atoms with E-state index in [4.69, 9.17) is 21.1 Å². The molecule has 2 aromatic heterocycles. The maximum absolute atomic E-state index is 13.2. The number of rotatable bonds is 6. The van der Waals surface area contributed by atoms with Crippen molar-refractivity contribution in [2.45, 2.75) is 25.4 Å². The number of aromatic nitrogens is 5. The number of benzene rings is 2. The first-order valence-corrected chi connectivity index (χ1v) is 11.2. The number of ether oxygens (including phenoxy) is 2. The fourth-order valence-corrected chi connectivity index (χ4v) is 4.28. The average Bonchev–Trinajstić information content (AvgIpc) is 3.48. The molecule has 170 valence electrons. The molecule has 0 spiro atoms. The van der Waals surface area contributed by atoms with Gasteiger partial charge < -0.3 is 19.4 Å². The van der Waals surface area contributed by atoms with Gasteiger partial charge in [-0.25, -0.2) is 0 Å². The van der Waals surface area contributed by atoms with Gasteiger partial charge in [0.15, 0.2) is 0 Å². The number of aromatic amines is 1. The van der Waals surface area contributed by atoms with Gasteiger partial charge in [0.1, 0.15) is 18.1 Å². The number of amides is 1. The predicted octanol–water partition coefficient (Wildman–Crippen LogP) is 4.21. The molecule has 5 rings (SSSR count). The third-order valence-electron chi connectivity index (χ3n) is 5.77. The van der Waals surface area contributed by atoms with E-state index in [0.29, 0.717) is 34.4 Å². The van der Waals surface area contributed by atoms with Crippen molar-refractivity contribution in [3.05, 3.63) is 53.2 Å². The molecule has 0 saturated carbocycles. The van der Waals surface area contributed by atoms with Crippen LogP contribution in [0.3, 0.4) is 0 Å². The molecular weight excluding hydrogens is 444 g/mol. The number of nitrogens with one attached hydrogen (secondary N) is 2. The van der Waals surface area contributed by atoms with E-state index in [0.717, 1.165) is 42.5 Å². The lowest BCUT2D eigenvalue weighted by molar-refractivity contribution is -0.0108. The Bertz CT molecular complexity index is 1280. The molecule has 1 atom stereocenters. The summed E-state index contributed by atoms with van der Waals surface area (Å²) in [6.07, 6.45) is 3.36. The van der Waals surface area contributed by atoms with E-state index in [-0.39, 0.29) is 12.0 Å². The topological polar surface area (TPSA) is 107 Å². The SMILES string of the molecule is Cn1c(C(=O)Nc2ccc(Cl)cc2-c2nn[nH]n2)cc2cccc(OCC3CCCCO3)c21. The summed E-state index contributed by atoms with van der Waals surface area (Å²) in [5, 5.41) is 18.4. The Labute approximate surface area is 195 Å². The number of halogens is 1. The monoisotopic (exact) mass is 466 g/mol. The van der Waals surface area contributed by atoms with Crippen molar-refractivity contribution in [1.82, 2.24) is 25.2 Å². The van der Waals surface area contributed by atoms with Gasteiger partial charge in [0.25, 0.3) is 5.91 Å². The number of hydrogen-bond donors (Lipinski definition) is 2. The minimum absolute atomic E-state index is 0.102. The summed E-state index contributed by atoms with van der Waals surface area (Å²) in [4.78, 5) is 13.2. The van der Waals surface area contributed by atoms with Crippen LogP contribution in [0.25, 0.3) is 22.3 Å². The minimum Gasteiger partial charge on any atom is -0.489 e. The molecule has 0 aliphatic carbocycles. The molecule has 1 amide bonds. The van der Waals surface area contributed by atoms with Gasteiger partial charge in [0, 0.05) is 29.6 Å². The molecule has 3 heterocycles. The third kappa shape index (κ3) is 4.42. The Morgan fingerprint density at radius 3 is 3.00 bits per heavy atom. The first-order valence-electron chi connectivity index (χ1n) is 10.8. The number of anilines is 1. The Hall–Kier alpha value is -3.43. The Morgan fingerprint density at radius 1 is 1.30 bits per heavy atom. The quantitative estimate of drug-likeness (QED) is 0.440. The van der Waals surface area contributed by atoms with Crippen LogP contribution in [0.4, 0.5) is 5.69 Å². The van der Waals surface area contributed by atoms with Crippen LogP contribution in [-0.2, 0) is 11.8 Å². The van der Waals surface area contributed by atoms with Gasteiger partial charge in [-0.05, 0) is 54.8 Å². The second-order valence-electron chi connectivity index (χ2n) is 7.96. The number of nitrogens with zero attached hydrogens (tertiary/aromatic N) is 4. The number of aryl methyl sites for hydroxylation is 1. The van der Waals surface area contributed by atoms with Gasteiger partial charge in [0.05, 0.1) is 17.3 Å². The number of para-hydroxylation sites is 1. The fourth-order valence-electron chi connectivity index (χ4n) is 4.11. The number of carbonyl (C=O) groups excluding carboxylic acids is 1. The van der Waals surface area contributed by atoms with Gasteiger partial charge in [0.2, 0.25) is 5.82 Å². The van der Waals surface area contributed by atoms with Crippen molar-refractivity contribution in [2.75, 3.05) is 18.5 Å². The van der Waals surface area contributed by atoms with Crippen LogP contribution in [0.5, 0.6) is 5.75 Å². The number of carbonyl (C=O) groups is 1. The predicted molar refractivity (Wildman–Crippen MR) is 125 cm³/mol. The van der Waals surface area contributed by atoms with Crippen LogP contribution < -0.4 is 10.1 Å². The normalized spacial score (nSPS) is 16.1. The lowest BCUT2D eigenvalue weighted by Gasteiger charge is -2.23. The maximum atomic E-state index is 13.2. The standard InChI is InChI=1S/C23H23ClN6O3/c1-30-19(23(31)25-18-9-8-15(24)12-17(18)22-26-28-29-27-22)11-14-5-4-7-20(21(14)30)33-13-16-6-2-3-10-32-16/h4-5,7-9,11-12,16H,2-3,6,10,13H2,1H3,(H,25,31)(H,26,27,28,29). The van der Waals surface area contributed by atoms with Crippen molar-refractivity contribution in [3.8, 4) is 17.1 Å². The molecule has 10 heteroatoms. The zero-order valence-corrected chi connectivity index (χ0v) is 18.8. The van der Waals surface area contributed by atoms with E-state index in [1.54, 1.807) is 18.2 Å². The highest BCUT2D eigenvalue weighted by molar-refractivity contribution is 6.31. The van der Waals surface area contributed by atoms with Gasteiger partial charge in [-0.15, -0.1) is 10.2 Å². The molecule has 0 radical (unpaired) electrons. The summed E-state index contributed by atoms with van der Waals surface area (Å²) in [5.74, 6) is 0.787. The van der Waals surface area contributed by atoms with Gasteiger partial charge >= 0.3 is 0 Å².